The summed E-state index contributed by atoms with van der Waals surface area (Å²) < 4.78 is 6.84. The van der Waals surface area contributed by atoms with Gasteiger partial charge in [0, 0.05) is 22.5 Å². The van der Waals surface area contributed by atoms with Crippen molar-refractivity contribution in [1.29, 1.82) is 0 Å². The highest BCUT2D eigenvalue weighted by Gasteiger charge is 2.21. The summed E-state index contributed by atoms with van der Waals surface area (Å²) in [5.74, 6) is -1.23. The summed E-state index contributed by atoms with van der Waals surface area (Å²) in [6, 6.07) is 13.2. The molecule has 0 fully saturated rings. The number of Topliss-reactive ketones (excluding diaryl/α,β-unsaturated/α-hetero) is 1. The standard InChI is InChI=1S/C20H18N4O5/c1-13-11-16(14(2)23(13)22-20(26)15-7-4-3-5-8-15)17(25)12-29-18-9-6-10-21-19(18)24(27)28/h3-11H,12H2,1-2H3,(H,22,26). The number of nitro groups is 1. The number of amides is 1. The number of carbonyl (C=O) groups is 2. The fourth-order valence-electron chi connectivity index (χ4n) is 2.83. The average Bonchev–Trinajstić information content (AvgIpc) is 3.01. The van der Waals surface area contributed by atoms with Crippen LogP contribution in [0.3, 0.4) is 0 Å². The van der Waals surface area contributed by atoms with Gasteiger partial charge in [0.2, 0.25) is 11.5 Å². The first-order valence-electron chi connectivity index (χ1n) is 8.69. The molecule has 29 heavy (non-hydrogen) atoms. The third-order valence-electron chi connectivity index (χ3n) is 4.26. The molecule has 0 radical (unpaired) electrons. The summed E-state index contributed by atoms with van der Waals surface area (Å²) in [7, 11) is 0. The van der Waals surface area contributed by atoms with E-state index in [1.54, 1.807) is 44.2 Å². The predicted octanol–water partition coefficient (Wildman–Crippen LogP) is 3.05. The van der Waals surface area contributed by atoms with E-state index in [1.165, 1.54) is 23.0 Å². The van der Waals surface area contributed by atoms with Gasteiger partial charge in [-0.1, -0.05) is 18.2 Å². The summed E-state index contributed by atoms with van der Waals surface area (Å²) in [5, 5.41) is 11.0. The van der Waals surface area contributed by atoms with Gasteiger partial charge in [-0.15, -0.1) is 0 Å². The number of benzene rings is 1. The highest BCUT2D eigenvalue weighted by Crippen LogP contribution is 2.23. The molecule has 0 saturated heterocycles. The minimum atomic E-state index is -0.676. The van der Waals surface area contributed by atoms with Crippen LogP contribution in [0.25, 0.3) is 0 Å². The summed E-state index contributed by atoms with van der Waals surface area (Å²) >= 11 is 0. The van der Waals surface area contributed by atoms with Crippen LogP contribution in [0.4, 0.5) is 5.82 Å². The molecule has 0 spiro atoms. The molecule has 9 heteroatoms. The number of nitrogens with one attached hydrogen (secondary N) is 1. The van der Waals surface area contributed by atoms with Gasteiger partial charge in [0.05, 0.1) is 0 Å². The number of aryl methyl sites for hydroxylation is 1. The number of hydrogen-bond acceptors (Lipinski definition) is 6. The predicted molar refractivity (Wildman–Crippen MR) is 105 cm³/mol. The number of rotatable bonds is 7. The number of ether oxygens (including phenoxy) is 1. The Morgan fingerprint density at radius 1 is 1.17 bits per heavy atom. The smallest absolute Gasteiger partial charge is 0.406 e. The molecule has 2 heterocycles. The monoisotopic (exact) mass is 394 g/mol. The Kier molecular flexibility index (Phi) is 5.68. The highest BCUT2D eigenvalue weighted by molar-refractivity contribution is 6.01. The molecule has 0 aliphatic heterocycles. The van der Waals surface area contributed by atoms with E-state index in [2.05, 4.69) is 10.4 Å². The Morgan fingerprint density at radius 3 is 2.59 bits per heavy atom. The first-order chi connectivity index (χ1) is 13.9. The molecular formula is C20H18N4O5. The lowest BCUT2D eigenvalue weighted by Crippen LogP contribution is -2.25. The van der Waals surface area contributed by atoms with Crippen molar-refractivity contribution in [2.75, 3.05) is 12.0 Å². The SMILES string of the molecule is Cc1cc(C(=O)COc2cccnc2[N+](=O)[O-])c(C)n1NC(=O)c1ccccc1. The molecule has 148 valence electrons. The maximum absolute atomic E-state index is 12.6. The summed E-state index contributed by atoms with van der Waals surface area (Å²) in [5.41, 5.74) is 4.77. The third kappa shape index (κ3) is 4.29. The number of nitrogens with zero attached hydrogens (tertiary/aromatic N) is 3. The van der Waals surface area contributed by atoms with Gasteiger partial charge in [0.1, 0.15) is 6.20 Å². The second kappa shape index (κ2) is 8.34. The largest absolute Gasteiger partial charge is 0.477 e. The number of ketones is 1. The zero-order chi connectivity index (χ0) is 21.0. The van der Waals surface area contributed by atoms with Crippen molar-refractivity contribution in [2.45, 2.75) is 13.8 Å². The van der Waals surface area contributed by atoms with Crippen LogP contribution >= 0.6 is 0 Å². The van der Waals surface area contributed by atoms with Crippen LogP contribution in [0.15, 0.2) is 54.7 Å². The number of aromatic nitrogens is 2. The lowest BCUT2D eigenvalue weighted by molar-refractivity contribution is -0.390. The minimum Gasteiger partial charge on any atom is -0.477 e. The van der Waals surface area contributed by atoms with Gasteiger partial charge in [0.25, 0.3) is 5.91 Å². The van der Waals surface area contributed by atoms with Gasteiger partial charge < -0.3 is 14.9 Å². The molecule has 3 rings (SSSR count). The zero-order valence-corrected chi connectivity index (χ0v) is 15.8. The molecule has 0 unspecified atom stereocenters. The first-order valence-corrected chi connectivity index (χ1v) is 8.69. The summed E-state index contributed by atoms with van der Waals surface area (Å²) in [4.78, 5) is 39.0. The third-order valence-corrected chi connectivity index (χ3v) is 4.26. The van der Waals surface area contributed by atoms with Gasteiger partial charge >= 0.3 is 5.82 Å². The Labute approximate surface area is 166 Å². The molecule has 3 aromatic rings. The lowest BCUT2D eigenvalue weighted by Gasteiger charge is -2.12. The van der Waals surface area contributed by atoms with Crippen molar-refractivity contribution in [3.8, 4) is 5.75 Å². The van der Waals surface area contributed by atoms with Gasteiger partial charge in [-0.05, 0) is 54.1 Å². The molecule has 0 aliphatic carbocycles. The maximum Gasteiger partial charge on any atom is 0.406 e. The lowest BCUT2D eigenvalue weighted by atomic mass is 10.1. The molecule has 1 N–H and O–H groups in total. The van der Waals surface area contributed by atoms with E-state index in [1.807, 2.05) is 6.07 Å². The molecule has 0 aliphatic rings. The fraction of sp³-hybridized carbons (Fsp3) is 0.150. The molecule has 1 amide bonds. The highest BCUT2D eigenvalue weighted by atomic mass is 16.6. The zero-order valence-electron chi connectivity index (χ0n) is 15.8. The average molecular weight is 394 g/mol. The molecule has 1 aromatic carbocycles. The molecular weight excluding hydrogens is 376 g/mol. The molecule has 0 atom stereocenters. The van der Waals surface area contributed by atoms with Crippen LogP contribution in [0.1, 0.15) is 32.1 Å². The van der Waals surface area contributed by atoms with Crippen molar-refractivity contribution >= 4 is 17.5 Å². The Morgan fingerprint density at radius 2 is 1.90 bits per heavy atom. The van der Waals surface area contributed by atoms with Gasteiger partial charge in [-0.3, -0.25) is 19.7 Å². The first kappa shape index (κ1) is 19.7. The fourth-order valence-corrected chi connectivity index (χ4v) is 2.83. The summed E-state index contributed by atoms with van der Waals surface area (Å²) in [6.07, 6.45) is 1.27. The number of carbonyl (C=O) groups excluding carboxylic acids is 2. The Bertz CT molecular complexity index is 1080. The molecule has 0 saturated carbocycles. The van der Waals surface area contributed by atoms with Crippen molar-refractivity contribution < 1.29 is 19.2 Å². The topological polar surface area (TPSA) is 116 Å². The van der Waals surface area contributed by atoms with Crippen molar-refractivity contribution in [2.24, 2.45) is 0 Å². The van der Waals surface area contributed by atoms with Crippen molar-refractivity contribution in [3.63, 3.8) is 0 Å². The van der Waals surface area contributed by atoms with E-state index in [0.717, 1.165) is 0 Å². The van der Waals surface area contributed by atoms with E-state index in [4.69, 9.17) is 4.74 Å². The Hall–Kier alpha value is -4.01. The minimum absolute atomic E-state index is 0.0861. The van der Waals surface area contributed by atoms with Crippen LogP contribution < -0.4 is 10.2 Å². The van der Waals surface area contributed by atoms with Crippen LogP contribution in [-0.2, 0) is 0 Å². The van der Waals surface area contributed by atoms with Crippen molar-refractivity contribution in [3.05, 3.63) is 87.4 Å². The van der Waals surface area contributed by atoms with E-state index in [0.29, 0.717) is 22.5 Å². The Balaban J connectivity index is 1.75. The van der Waals surface area contributed by atoms with Crippen LogP contribution in [0.5, 0.6) is 5.75 Å². The van der Waals surface area contributed by atoms with E-state index < -0.39 is 17.3 Å². The van der Waals surface area contributed by atoms with E-state index in [9.17, 15) is 19.7 Å². The quantitative estimate of drug-likeness (QED) is 0.374. The van der Waals surface area contributed by atoms with E-state index >= 15 is 0 Å². The number of hydrogen-bond donors (Lipinski definition) is 1. The van der Waals surface area contributed by atoms with Crippen molar-refractivity contribution in [1.82, 2.24) is 9.66 Å². The molecule has 2 aromatic heterocycles. The maximum atomic E-state index is 12.6. The van der Waals surface area contributed by atoms with Crippen LogP contribution in [0, 0.1) is 24.0 Å². The second-order valence-electron chi connectivity index (χ2n) is 6.22. The van der Waals surface area contributed by atoms with Crippen LogP contribution in [0.2, 0.25) is 0 Å². The number of pyridine rings is 1. The second-order valence-corrected chi connectivity index (χ2v) is 6.22. The van der Waals surface area contributed by atoms with Gasteiger partial charge in [-0.2, -0.15) is 0 Å². The summed E-state index contributed by atoms with van der Waals surface area (Å²) in [6.45, 7) is 3.04. The van der Waals surface area contributed by atoms with E-state index in [-0.39, 0.29) is 17.4 Å². The normalized spacial score (nSPS) is 10.4. The van der Waals surface area contributed by atoms with Crippen LogP contribution in [-0.4, -0.2) is 32.9 Å². The molecule has 9 nitrogen and oxygen atoms in total. The molecule has 0 bridgehead atoms. The van der Waals surface area contributed by atoms with Gasteiger partial charge in [0.15, 0.2) is 6.61 Å². The van der Waals surface area contributed by atoms with Gasteiger partial charge in [-0.25, -0.2) is 0 Å².